The molecule has 0 aromatic heterocycles. The summed E-state index contributed by atoms with van der Waals surface area (Å²) in [5.74, 6) is -0.356. The molecule has 0 aromatic carbocycles. The van der Waals surface area contributed by atoms with Crippen LogP contribution in [0.2, 0.25) is 0 Å². The summed E-state index contributed by atoms with van der Waals surface area (Å²) in [6.07, 6.45) is -16.4. The van der Waals surface area contributed by atoms with Crippen molar-refractivity contribution in [2.24, 2.45) is 23.7 Å². The van der Waals surface area contributed by atoms with Crippen molar-refractivity contribution < 1.29 is 166 Å². The molecule has 6 aliphatic rings. The zero-order valence-electron chi connectivity index (χ0n) is 29.9. The molecule has 0 amide bonds. The van der Waals surface area contributed by atoms with Crippen LogP contribution in [0.1, 0.15) is 34.6 Å². The molecular formula is C29H46Ac2O16. The fourth-order valence-corrected chi connectivity index (χ4v) is 6.99. The van der Waals surface area contributed by atoms with E-state index in [2.05, 4.69) is 29.2 Å². The van der Waals surface area contributed by atoms with E-state index in [1.54, 1.807) is 6.92 Å². The monoisotopic (exact) mass is 1110 g/mol. The first-order chi connectivity index (χ1) is 23.0. The van der Waals surface area contributed by atoms with Crippen LogP contribution in [0.5, 0.6) is 0 Å². The number of carbonyl (C=O) groups is 1. The number of carbonyl (C=O) groups excluding carboxylic acids is 1. The van der Waals surface area contributed by atoms with E-state index in [1.807, 2.05) is 13.8 Å². The molecule has 2 radical (unpaired) electrons. The Morgan fingerprint density at radius 3 is 1.85 bits per heavy atom. The van der Waals surface area contributed by atoms with Crippen molar-refractivity contribution in [3.63, 3.8) is 0 Å². The molecule has 0 aliphatic carbocycles. The number of aliphatic hydroxyl groups excluding tert-OH is 5. The Labute approximate surface area is 349 Å². The van der Waals surface area contributed by atoms with Gasteiger partial charge in [0.25, 0.3) is 0 Å². The van der Waals surface area contributed by atoms with Gasteiger partial charge in [-0.2, -0.15) is 0 Å². The van der Waals surface area contributed by atoms with Crippen LogP contribution in [0.3, 0.4) is 0 Å². The Morgan fingerprint density at radius 1 is 0.596 bits per heavy atom. The second kappa shape index (κ2) is 17.2. The molecule has 6 fully saturated rings. The van der Waals surface area contributed by atoms with Gasteiger partial charge >= 0.3 is 6.16 Å². The number of hydrogen-bond acceptors (Lipinski definition) is 16. The molecule has 16 nitrogen and oxygen atoms in total. The molecular weight excluding hydrogens is 1060 g/mol. The number of fused-ring (bicyclic) bond motifs is 2. The van der Waals surface area contributed by atoms with E-state index < -0.39 is 104 Å². The molecule has 47 heavy (non-hydrogen) atoms. The van der Waals surface area contributed by atoms with Crippen molar-refractivity contribution in [2.75, 3.05) is 19.8 Å². The summed E-state index contributed by atoms with van der Waals surface area (Å²) >= 11 is 0. The molecule has 6 saturated heterocycles. The molecule has 0 aromatic rings. The quantitative estimate of drug-likeness (QED) is 0.112. The van der Waals surface area contributed by atoms with Crippen molar-refractivity contribution in [1.29, 1.82) is 4.29 Å². The van der Waals surface area contributed by atoms with E-state index in [9.17, 15) is 15.0 Å². The first-order valence-electron chi connectivity index (χ1n) is 16.9. The second-order valence-corrected chi connectivity index (χ2v) is 13.1. The van der Waals surface area contributed by atoms with Gasteiger partial charge in [-0.15, -0.1) is 0 Å². The van der Waals surface area contributed by atoms with Crippen LogP contribution in [0.25, 0.3) is 0 Å². The van der Waals surface area contributed by atoms with Gasteiger partial charge < -0.3 is 72.9 Å². The van der Waals surface area contributed by atoms with Crippen LogP contribution in [0.15, 0.2) is 0 Å². The van der Waals surface area contributed by atoms with Gasteiger partial charge in [0.15, 0.2) is 43.5 Å². The molecule has 5 N–H and O–H groups in total. The van der Waals surface area contributed by atoms with Crippen molar-refractivity contribution in [2.45, 2.75) is 133 Å². The van der Waals surface area contributed by atoms with Crippen molar-refractivity contribution >= 4 is 6.16 Å². The molecule has 18 heteroatoms. The third-order valence-corrected chi connectivity index (χ3v) is 10.4. The first kappa shape index (κ1) is 37.0. The van der Waals surface area contributed by atoms with Gasteiger partial charge in [-0.05, 0) is 18.8 Å². The average molecular weight is 1110 g/mol. The maximum absolute atomic E-state index is 12.4. The van der Waals surface area contributed by atoms with Gasteiger partial charge in [0.2, 0.25) is 4.29 Å². The van der Waals surface area contributed by atoms with Gasteiger partial charge in [0.05, 0.1) is 32.0 Å². The van der Waals surface area contributed by atoms with Gasteiger partial charge in [-0.25, -0.2) is 4.79 Å². The van der Waals surface area contributed by atoms with E-state index in [0.29, 0.717) is 0 Å². The Balaban J connectivity index is 0.00000281. The molecule has 0 bridgehead atoms. The predicted molar refractivity (Wildman–Crippen MR) is 145 cm³/mol. The smallest absolute Gasteiger partial charge is 0.424 e. The summed E-state index contributed by atoms with van der Waals surface area (Å²) in [5, 5.41) is 36.1. The van der Waals surface area contributed by atoms with Crippen molar-refractivity contribution in [3.8, 4) is 0 Å². The van der Waals surface area contributed by atoms with E-state index in [4.69, 9.17) is 51.7 Å². The Hall–Kier alpha value is 1.63. The van der Waals surface area contributed by atoms with Gasteiger partial charge in [0.1, 0.15) is 42.7 Å². The first-order valence-corrected chi connectivity index (χ1v) is 15.7. The van der Waals surface area contributed by atoms with Crippen LogP contribution in [0.4, 0.5) is 4.79 Å². The topological polar surface area (TPSA) is 214 Å². The minimum Gasteiger partial charge on any atom is -0.424 e. The van der Waals surface area contributed by atoms with E-state index in [1.165, 1.54) is 0 Å². The summed E-state index contributed by atoms with van der Waals surface area (Å²) in [6.45, 7) is 8.98. The fourth-order valence-electron chi connectivity index (χ4n) is 6.99. The van der Waals surface area contributed by atoms with Crippen LogP contribution < -0.4 is 0 Å². The molecule has 264 valence electrons. The average Bonchev–Trinajstić information content (AvgIpc) is 3.72. The van der Waals surface area contributed by atoms with Crippen molar-refractivity contribution in [3.05, 3.63) is 0 Å². The molecule has 20 atom stereocenters. The standard InChI is InChI=1S/C29H46O16.2Ac/c1-9-10(2)13(5)36-25(11(9)3)42-24-22-20(44-29(35)45-22)16(8-32)39-28(24)40-19-12(4)26(37-14(6-30)17(19)33)41-21-18(34)15(7-31)38-27-23(21)43-27;;/h9-28,30-34H,6-8H2,1-5H3;;/t9-,10-,11?,12?,13?,14?,15?,16?,17+,18+,19-,20+,21?,22+,23?,24?,25+,26?,27?,28+;;/m1../s1/i30T,31T,32T;;. The van der Waals surface area contributed by atoms with Crippen LogP contribution >= 0.6 is 0 Å². The maximum atomic E-state index is 12.4. The van der Waals surface area contributed by atoms with Crippen LogP contribution in [0, 0.1) is 112 Å². The third kappa shape index (κ3) is 8.25. The number of aliphatic hydroxyl groups is 5. The van der Waals surface area contributed by atoms with E-state index >= 15 is 0 Å². The molecule has 6 aliphatic heterocycles. The molecule has 0 spiro atoms. The molecule has 0 saturated carbocycles. The third-order valence-electron chi connectivity index (χ3n) is 10.4. The second-order valence-electron chi connectivity index (χ2n) is 13.1. The summed E-state index contributed by atoms with van der Waals surface area (Å²) < 4.78 is 81.6. The van der Waals surface area contributed by atoms with E-state index in [0.717, 1.165) is 0 Å². The Bertz CT molecular complexity index is 1110. The zero-order chi connectivity index (χ0) is 34.4. The number of epoxide rings is 1. The van der Waals surface area contributed by atoms with Gasteiger partial charge in [-0.1, -0.05) is 27.7 Å². The van der Waals surface area contributed by atoms with Gasteiger partial charge in [-0.3, -0.25) is 0 Å². The Kier molecular flexibility index (Phi) is 13.5. The number of ether oxygens (including phenoxy) is 10. The summed E-state index contributed by atoms with van der Waals surface area (Å²) in [4.78, 5) is 12.4. The van der Waals surface area contributed by atoms with Crippen molar-refractivity contribution in [1.82, 2.24) is 0 Å². The maximum Gasteiger partial charge on any atom is 0.509 e. The Morgan fingerprint density at radius 2 is 1.15 bits per heavy atom. The number of hydrogen-bond donors (Lipinski definition) is 5. The normalized spacial score (nSPS) is 53.0. The van der Waals surface area contributed by atoms with Crippen LogP contribution in [-0.4, -0.2) is 154 Å². The summed E-state index contributed by atoms with van der Waals surface area (Å²) in [6, 6.07) is 0. The summed E-state index contributed by atoms with van der Waals surface area (Å²) in [7, 11) is 0. The van der Waals surface area contributed by atoms with Crippen LogP contribution in [-0.2, 0) is 47.4 Å². The minimum atomic E-state index is -1.37. The summed E-state index contributed by atoms with van der Waals surface area (Å²) in [5.41, 5.74) is 0. The molecule has 6 rings (SSSR count). The predicted octanol–water partition coefficient (Wildman–Crippen LogP) is -1.39. The van der Waals surface area contributed by atoms with Gasteiger partial charge in [0, 0.05) is 100.0 Å². The molecule has 11 unspecified atom stereocenters. The fraction of sp³-hybridized carbons (Fsp3) is 0.966. The minimum absolute atomic E-state index is 0. The molecule has 6 heterocycles. The number of rotatable bonds is 12. The van der Waals surface area contributed by atoms with E-state index in [-0.39, 0.29) is 132 Å². The zero-order valence-corrected chi connectivity index (χ0v) is 36.4. The largest absolute Gasteiger partial charge is 0.509 e. The SMILES string of the molecule is [3H]OCC1OC2OC2C(OC2OC(CO[3H])[C@H](O)[C@H](O[C@@H]3OC(CO[3H])[C@@H]4OC(=O)O[C@@H]4C3O[C@@H]3OC(C)[C@H](C)[C@@H](C)C3C)C2C)[C@H]1O.[Ac].[Ac].